The van der Waals surface area contributed by atoms with Crippen molar-refractivity contribution in [3.63, 3.8) is 0 Å². The first kappa shape index (κ1) is 8.97. The second-order valence-electron chi connectivity index (χ2n) is 2.52. The zero-order chi connectivity index (χ0) is 8.10. The van der Waals surface area contributed by atoms with Gasteiger partial charge < -0.3 is 0 Å². The zero-order valence-electron chi connectivity index (χ0n) is 6.63. The molecular weight excluding hydrogens is 249 g/mol. The Morgan fingerprint density at radius 2 is 2.45 bits per heavy atom. The smallest absolute Gasteiger partial charge is 0.120 e. The van der Waals surface area contributed by atoms with Gasteiger partial charge in [0.1, 0.15) is 4.05 Å². The molecule has 1 aliphatic rings. The maximum Gasteiger partial charge on any atom is 0.120 e. The van der Waals surface area contributed by atoms with Crippen molar-refractivity contribution in [2.24, 2.45) is 4.99 Å². The summed E-state index contributed by atoms with van der Waals surface area (Å²) >= 11 is 2.32. The van der Waals surface area contributed by atoms with Crippen LogP contribution in [0, 0.1) is 0 Å². The molecule has 0 aliphatic carbocycles. The number of alkyl halides is 1. The van der Waals surface area contributed by atoms with Gasteiger partial charge in [0.2, 0.25) is 0 Å². The van der Waals surface area contributed by atoms with E-state index in [0.29, 0.717) is 4.05 Å². The Morgan fingerprint density at radius 3 is 3.18 bits per heavy atom. The van der Waals surface area contributed by atoms with Gasteiger partial charge in [-0.1, -0.05) is 42.0 Å². The fourth-order valence-corrected chi connectivity index (χ4v) is 1.68. The van der Waals surface area contributed by atoms with Crippen molar-refractivity contribution in [1.82, 2.24) is 0 Å². The second-order valence-corrected chi connectivity index (χ2v) is 3.80. The summed E-state index contributed by atoms with van der Waals surface area (Å²) in [6.07, 6.45) is 10.6. The number of hydrogen-bond donors (Lipinski definition) is 0. The van der Waals surface area contributed by atoms with Crippen LogP contribution in [0.5, 0.6) is 0 Å². The number of halogens is 1. The molecule has 11 heavy (non-hydrogen) atoms. The molecule has 0 bridgehead atoms. The minimum atomic E-state index is 0.323. The summed E-state index contributed by atoms with van der Waals surface area (Å²) in [7, 11) is 0. The van der Waals surface area contributed by atoms with Crippen LogP contribution in [0.25, 0.3) is 0 Å². The lowest BCUT2D eigenvalue weighted by atomic mass is 10.1. The van der Waals surface area contributed by atoms with E-state index in [1.165, 1.54) is 18.4 Å². The number of aliphatic imine (C=N–C) groups is 1. The Bertz CT molecular complexity index is 204. The number of allylic oxidation sites excluding steroid dienone is 3. The Labute approximate surface area is 81.4 Å². The van der Waals surface area contributed by atoms with Gasteiger partial charge >= 0.3 is 0 Å². The van der Waals surface area contributed by atoms with Gasteiger partial charge in [0, 0.05) is 6.21 Å². The van der Waals surface area contributed by atoms with Crippen LogP contribution in [-0.2, 0) is 0 Å². The number of rotatable bonds is 2. The fourth-order valence-electron chi connectivity index (χ4n) is 1.03. The predicted molar refractivity (Wildman–Crippen MR) is 58.4 cm³/mol. The minimum Gasteiger partial charge on any atom is -0.275 e. The molecule has 0 aromatic rings. The quantitative estimate of drug-likeness (QED) is 0.411. The first-order chi connectivity index (χ1) is 5.33. The van der Waals surface area contributed by atoms with E-state index in [1.807, 2.05) is 12.3 Å². The van der Waals surface area contributed by atoms with E-state index in [4.69, 9.17) is 0 Å². The molecule has 0 N–H and O–H groups in total. The van der Waals surface area contributed by atoms with E-state index in [1.54, 1.807) is 0 Å². The summed E-state index contributed by atoms with van der Waals surface area (Å²) in [6, 6.07) is 0. The summed E-state index contributed by atoms with van der Waals surface area (Å²) < 4.78 is 0.323. The minimum absolute atomic E-state index is 0.323. The predicted octanol–water partition coefficient (Wildman–Crippen LogP) is 3.11. The van der Waals surface area contributed by atoms with Crippen LogP contribution in [0.4, 0.5) is 0 Å². The van der Waals surface area contributed by atoms with Gasteiger partial charge in [-0.25, -0.2) is 0 Å². The molecule has 0 saturated heterocycles. The monoisotopic (exact) mass is 261 g/mol. The standard InChI is InChI=1S/C9H12IN/c1-2-4-8-5-3-6-11-9(10)7-8/h3,5-7,9H,2,4H2,1H3. The Morgan fingerprint density at radius 1 is 1.64 bits per heavy atom. The molecule has 1 aliphatic heterocycles. The van der Waals surface area contributed by atoms with Crippen LogP contribution >= 0.6 is 22.6 Å². The third-order valence-corrected chi connectivity index (χ3v) is 2.20. The topological polar surface area (TPSA) is 12.4 Å². The first-order valence-corrected chi connectivity index (χ1v) is 5.12. The molecular formula is C9H12IN. The lowest BCUT2D eigenvalue weighted by Crippen LogP contribution is -1.87. The van der Waals surface area contributed by atoms with E-state index in [-0.39, 0.29) is 0 Å². The highest BCUT2D eigenvalue weighted by molar-refractivity contribution is 14.1. The van der Waals surface area contributed by atoms with Crippen LogP contribution in [0.2, 0.25) is 0 Å². The maximum atomic E-state index is 4.25. The number of nitrogens with zero attached hydrogens (tertiary/aromatic N) is 1. The van der Waals surface area contributed by atoms with Gasteiger partial charge in [0.05, 0.1) is 0 Å². The normalized spacial score (nSPS) is 23.1. The number of hydrogen-bond acceptors (Lipinski definition) is 1. The molecule has 1 heterocycles. The molecule has 2 heteroatoms. The molecule has 0 aromatic heterocycles. The molecule has 60 valence electrons. The van der Waals surface area contributed by atoms with E-state index in [0.717, 1.165) is 0 Å². The Kier molecular flexibility index (Phi) is 3.83. The van der Waals surface area contributed by atoms with Gasteiger partial charge in [-0.15, -0.1) is 0 Å². The van der Waals surface area contributed by atoms with Crippen molar-refractivity contribution >= 4 is 28.8 Å². The average molecular weight is 261 g/mol. The lowest BCUT2D eigenvalue weighted by molar-refractivity contribution is 0.920. The fraction of sp³-hybridized carbons (Fsp3) is 0.444. The summed E-state index contributed by atoms with van der Waals surface area (Å²) in [6.45, 7) is 2.20. The Balaban J connectivity index is 2.63. The van der Waals surface area contributed by atoms with Crippen molar-refractivity contribution in [1.29, 1.82) is 0 Å². The van der Waals surface area contributed by atoms with E-state index < -0.39 is 0 Å². The Hall–Kier alpha value is -0.120. The van der Waals surface area contributed by atoms with Crippen molar-refractivity contribution in [3.8, 4) is 0 Å². The molecule has 1 atom stereocenters. The first-order valence-electron chi connectivity index (χ1n) is 3.87. The zero-order valence-corrected chi connectivity index (χ0v) is 8.78. The van der Waals surface area contributed by atoms with Crippen molar-refractivity contribution in [2.75, 3.05) is 0 Å². The van der Waals surface area contributed by atoms with Crippen LogP contribution in [0.1, 0.15) is 19.8 Å². The highest BCUT2D eigenvalue weighted by atomic mass is 127. The van der Waals surface area contributed by atoms with Crippen LogP contribution in [0.15, 0.2) is 28.8 Å². The van der Waals surface area contributed by atoms with Crippen LogP contribution < -0.4 is 0 Å². The van der Waals surface area contributed by atoms with Gasteiger partial charge in [0.15, 0.2) is 0 Å². The van der Waals surface area contributed by atoms with Gasteiger partial charge in [-0.2, -0.15) is 0 Å². The molecule has 0 saturated carbocycles. The lowest BCUT2D eigenvalue weighted by Gasteiger charge is -1.99. The van der Waals surface area contributed by atoms with Crippen molar-refractivity contribution in [2.45, 2.75) is 23.8 Å². The highest BCUT2D eigenvalue weighted by Crippen LogP contribution is 2.14. The van der Waals surface area contributed by atoms with E-state index in [9.17, 15) is 0 Å². The molecule has 1 nitrogen and oxygen atoms in total. The summed E-state index contributed by atoms with van der Waals surface area (Å²) in [4.78, 5) is 4.25. The van der Waals surface area contributed by atoms with Gasteiger partial charge in [-0.05, 0) is 24.1 Å². The van der Waals surface area contributed by atoms with Crippen molar-refractivity contribution < 1.29 is 0 Å². The van der Waals surface area contributed by atoms with Crippen LogP contribution in [0.3, 0.4) is 0 Å². The molecule has 0 spiro atoms. The van der Waals surface area contributed by atoms with Crippen molar-refractivity contribution in [3.05, 3.63) is 23.8 Å². The third-order valence-electron chi connectivity index (χ3n) is 1.52. The maximum absolute atomic E-state index is 4.25. The molecule has 0 radical (unpaired) electrons. The third kappa shape index (κ3) is 3.18. The van der Waals surface area contributed by atoms with Crippen LogP contribution in [-0.4, -0.2) is 10.3 Å². The second kappa shape index (κ2) is 4.70. The molecule has 0 amide bonds. The largest absolute Gasteiger partial charge is 0.275 e. The average Bonchev–Trinajstić information content (AvgIpc) is 2.15. The van der Waals surface area contributed by atoms with E-state index in [2.05, 4.69) is 46.7 Å². The summed E-state index contributed by atoms with van der Waals surface area (Å²) in [5.41, 5.74) is 1.41. The molecule has 0 aromatic carbocycles. The van der Waals surface area contributed by atoms with Gasteiger partial charge in [-0.3, -0.25) is 4.99 Å². The summed E-state index contributed by atoms with van der Waals surface area (Å²) in [5.74, 6) is 0. The van der Waals surface area contributed by atoms with E-state index >= 15 is 0 Å². The van der Waals surface area contributed by atoms with Gasteiger partial charge in [0.25, 0.3) is 0 Å². The molecule has 0 fully saturated rings. The molecule has 1 unspecified atom stereocenters. The SMILES string of the molecule is CCCC1=CC(I)N=CC=C1. The highest BCUT2D eigenvalue weighted by Gasteiger charge is 1.99. The molecule has 1 rings (SSSR count). The summed E-state index contributed by atoms with van der Waals surface area (Å²) in [5, 5.41) is 0.